The molecule has 50 valence electrons. The summed E-state index contributed by atoms with van der Waals surface area (Å²) in [6, 6.07) is 6.91. The Morgan fingerprint density at radius 2 is 2.10 bits per heavy atom. The standard InChI is InChI=1S/C6H3BrF.HI.Zn/c7-5-1-3-6(8)4-2-5;;/h1-3H;1H;/q-1;;+2/p-1. The van der Waals surface area contributed by atoms with E-state index in [-0.39, 0.29) is 5.82 Å². The molecule has 4 heteroatoms. The van der Waals surface area contributed by atoms with Crippen LogP contribution in [-0.2, 0) is 14.8 Å². The van der Waals surface area contributed by atoms with Crippen molar-refractivity contribution in [1.82, 2.24) is 0 Å². The van der Waals surface area contributed by atoms with Crippen LogP contribution in [0.4, 0.5) is 4.39 Å². The van der Waals surface area contributed by atoms with Gasteiger partial charge in [0.2, 0.25) is 0 Å². The molecule has 0 spiro atoms. The number of rotatable bonds is 0. The maximum absolute atomic E-state index is 12.0. The first-order valence-electron chi connectivity index (χ1n) is 2.38. The summed E-state index contributed by atoms with van der Waals surface area (Å²) in [6.07, 6.45) is 0. The summed E-state index contributed by atoms with van der Waals surface area (Å²) in [6.45, 7) is 0. The van der Waals surface area contributed by atoms with Gasteiger partial charge in [-0.15, -0.1) is 28.1 Å². The molecule has 0 aliphatic heterocycles. The van der Waals surface area contributed by atoms with Gasteiger partial charge < -0.3 is 0 Å². The molecular formula is C6H3BrFIZn. The van der Waals surface area contributed by atoms with E-state index < -0.39 is 0 Å². The number of hydrogen-bond donors (Lipinski definition) is 0. The monoisotopic (exact) mass is 364 g/mol. The predicted molar refractivity (Wildman–Crippen MR) is 47.0 cm³/mol. The van der Waals surface area contributed by atoms with E-state index in [1.807, 2.05) is 0 Å². The molecule has 1 rings (SSSR count). The first kappa shape index (κ1) is 11.0. The zero-order valence-electron chi connectivity index (χ0n) is 5.07. The number of hydrogen-bond acceptors (Lipinski definition) is 0. The quantitative estimate of drug-likeness (QED) is 0.376. The van der Waals surface area contributed by atoms with Crippen LogP contribution >= 0.6 is 35.7 Å². The Bertz CT molecular complexity index is 157. The van der Waals surface area contributed by atoms with E-state index in [0.29, 0.717) is 0 Å². The molecular weight excluding hydrogens is 363 g/mol. The van der Waals surface area contributed by atoms with Gasteiger partial charge in [-0.05, 0) is 0 Å². The summed E-state index contributed by atoms with van der Waals surface area (Å²) >= 11 is 6.77. The van der Waals surface area contributed by atoms with Gasteiger partial charge in [-0.25, -0.2) is 4.39 Å². The molecule has 0 saturated heterocycles. The summed E-state index contributed by atoms with van der Waals surface area (Å²) in [7, 11) is 0. The predicted octanol–water partition coefficient (Wildman–Crippen LogP) is 3.27. The van der Waals surface area contributed by atoms with Crippen LogP contribution in [0.15, 0.2) is 22.7 Å². The second kappa shape index (κ2) is 6.68. The van der Waals surface area contributed by atoms with Gasteiger partial charge >= 0.3 is 34.5 Å². The maximum atomic E-state index is 12.0. The first-order chi connectivity index (χ1) is 4.79. The molecule has 0 unspecified atom stereocenters. The normalized spacial score (nSPS) is 8.10. The van der Waals surface area contributed by atoms with Crippen molar-refractivity contribution in [2.24, 2.45) is 0 Å². The summed E-state index contributed by atoms with van der Waals surface area (Å²) in [4.78, 5) is 0. The zero-order chi connectivity index (χ0) is 7.98. The number of halogens is 3. The van der Waals surface area contributed by atoms with Crippen LogP contribution in [0.2, 0.25) is 0 Å². The molecule has 0 aromatic heterocycles. The Labute approximate surface area is 88.6 Å². The van der Waals surface area contributed by atoms with Crippen LogP contribution in [-0.4, -0.2) is 0 Å². The topological polar surface area (TPSA) is 0 Å². The molecule has 0 radical (unpaired) electrons. The molecule has 0 aliphatic carbocycles. The average molecular weight is 366 g/mol. The Morgan fingerprint density at radius 3 is 2.40 bits per heavy atom. The molecule has 0 nitrogen and oxygen atoms in total. The molecule has 1 aromatic carbocycles. The Kier molecular flexibility index (Phi) is 7.34. The Morgan fingerprint density at radius 1 is 1.50 bits per heavy atom. The summed E-state index contributed by atoms with van der Waals surface area (Å²) in [5, 5.41) is 0. The fourth-order valence-electron chi connectivity index (χ4n) is 0.387. The van der Waals surface area contributed by atoms with E-state index in [9.17, 15) is 4.39 Å². The second-order valence-corrected chi connectivity index (χ2v) is 2.27. The van der Waals surface area contributed by atoms with E-state index in [4.69, 9.17) is 0 Å². The van der Waals surface area contributed by atoms with Gasteiger partial charge in [-0.1, -0.05) is 4.47 Å². The van der Waals surface area contributed by atoms with Crippen molar-refractivity contribution >= 4 is 35.7 Å². The van der Waals surface area contributed by atoms with Crippen LogP contribution in [0.5, 0.6) is 0 Å². The summed E-state index contributed by atoms with van der Waals surface area (Å²) in [5.41, 5.74) is 0. The van der Waals surface area contributed by atoms with Crippen LogP contribution in [0.3, 0.4) is 0 Å². The van der Waals surface area contributed by atoms with E-state index in [0.717, 1.165) is 4.47 Å². The second-order valence-electron chi connectivity index (χ2n) is 1.35. The van der Waals surface area contributed by atoms with Crippen LogP contribution in [0.1, 0.15) is 0 Å². The molecule has 1 aromatic rings. The van der Waals surface area contributed by atoms with Crippen molar-refractivity contribution in [3.05, 3.63) is 34.6 Å². The van der Waals surface area contributed by atoms with E-state index >= 15 is 0 Å². The van der Waals surface area contributed by atoms with E-state index in [1.54, 1.807) is 6.07 Å². The number of benzene rings is 1. The van der Waals surface area contributed by atoms with Crippen molar-refractivity contribution in [3.63, 3.8) is 0 Å². The average Bonchev–Trinajstić information content (AvgIpc) is 2.00. The van der Waals surface area contributed by atoms with Gasteiger partial charge in [0.05, 0.1) is 0 Å². The van der Waals surface area contributed by atoms with Gasteiger partial charge in [-0.2, -0.15) is 12.1 Å². The van der Waals surface area contributed by atoms with Crippen LogP contribution in [0, 0.1) is 11.9 Å². The Hall–Kier alpha value is 0.983. The van der Waals surface area contributed by atoms with Gasteiger partial charge in [0, 0.05) is 5.82 Å². The van der Waals surface area contributed by atoms with Gasteiger partial charge in [0.1, 0.15) is 0 Å². The summed E-state index contributed by atoms with van der Waals surface area (Å²) in [5.74, 6) is -0.326. The molecule has 0 heterocycles. The van der Waals surface area contributed by atoms with Crippen molar-refractivity contribution in [2.75, 3.05) is 0 Å². The van der Waals surface area contributed by atoms with Crippen LogP contribution < -0.4 is 0 Å². The third-order valence-corrected chi connectivity index (χ3v) is 1.23. The minimum absolute atomic E-state index is 0.326. The van der Waals surface area contributed by atoms with E-state index in [2.05, 4.69) is 41.7 Å². The third kappa shape index (κ3) is 4.75. The molecule has 0 fully saturated rings. The molecule has 0 bridgehead atoms. The molecule has 0 atom stereocenters. The summed E-state index contributed by atoms with van der Waals surface area (Å²) < 4.78 is 12.9. The first-order valence-corrected chi connectivity index (χ1v) is 12.2. The fourth-order valence-corrected chi connectivity index (χ4v) is 0.634. The van der Waals surface area contributed by atoms with E-state index in [1.165, 1.54) is 26.9 Å². The van der Waals surface area contributed by atoms with Gasteiger partial charge in [0.15, 0.2) is 0 Å². The van der Waals surface area contributed by atoms with Gasteiger partial charge in [-0.3, -0.25) is 0 Å². The minimum atomic E-state index is -0.326. The molecule has 10 heavy (non-hydrogen) atoms. The fraction of sp³-hybridized carbons (Fsp3) is 0. The Balaban J connectivity index is 0.000000371. The molecule has 0 N–H and O–H groups in total. The molecule has 0 saturated carbocycles. The van der Waals surface area contributed by atoms with Crippen molar-refractivity contribution in [2.45, 2.75) is 0 Å². The van der Waals surface area contributed by atoms with Crippen molar-refractivity contribution in [3.8, 4) is 0 Å². The van der Waals surface area contributed by atoms with Crippen molar-refractivity contribution in [1.29, 1.82) is 0 Å². The SMILES string of the molecule is Fc1[c-]cc(Br)cc1.[Zn+][I]. The zero-order valence-corrected chi connectivity index (χ0v) is 11.8. The molecule has 0 aliphatic rings. The van der Waals surface area contributed by atoms with Gasteiger partial charge in [0.25, 0.3) is 0 Å². The third-order valence-electron chi connectivity index (χ3n) is 0.737. The van der Waals surface area contributed by atoms with Crippen LogP contribution in [0.25, 0.3) is 0 Å². The molecule has 0 amide bonds. The van der Waals surface area contributed by atoms with Crippen molar-refractivity contribution < 1.29 is 19.2 Å².